The van der Waals surface area contributed by atoms with Crippen molar-refractivity contribution in [2.45, 2.75) is 16.7 Å². The molecule has 0 N–H and O–H groups in total. The molecule has 0 bridgehead atoms. The third kappa shape index (κ3) is 3.03. The summed E-state index contributed by atoms with van der Waals surface area (Å²) in [5, 5.41) is 0.771. The minimum Gasteiger partial charge on any atom is -0.0889 e. The number of rotatable bonds is 2. The van der Waals surface area contributed by atoms with E-state index in [4.69, 9.17) is 11.6 Å². The SMILES string of the molecule is Cc1ccc(Sc2ccc(Cl)cc2)c(Br)c1. The van der Waals surface area contributed by atoms with Gasteiger partial charge in [-0.25, -0.2) is 0 Å². The zero-order valence-corrected chi connectivity index (χ0v) is 11.9. The highest BCUT2D eigenvalue weighted by Crippen LogP contribution is 2.34. The van der Waals surface area contributed by atoms with E-state index in [1.54, 1.807) is 11.8 Å². The fourth-order valence-electron chi connectivity index (χ4n) is 1.32. The summed E-state index contributed by atoms with van der Waals surface area (Å²) in [7, 11) is 0. The van der Waals surface area contributed by atoms with E-state index < -0.39 is 0 Å². The van der Waals surface area contributed by atoms with Gasteiger partial charge < -0.3 is 0 Å². The van der Waals surface area contributed by atoms with Crippen LogP contribution in [0.1, 0.15) is 5.56 Å². The first kappa shape index (κ1) is 12.0. The van der Waals surface area contributed by atoms with E-state index in [0.717, 1.165) is 9.50 Å². The number of hydrogen-bond acceptors (Lipinski definition) is 1. The molecule has 0 aliphatic rings. The Morgan fingerprint density at radius 3 is 2.38 bits per heavy atom. The standard InChI is InChI=1S/C13H10BrClS/c1-9-2-7-13(12(14)8-9)16-11-5-3-10(15)4-6-11/h2-8H,1H3. The molecule has 0 saturated carbocycles. The molecule has 0 saturated heterocycles. The van der Waals surface area contributed by atoms with Gasteiger partial charge >= 0.3 is 0 Å². The molecule has 3 heteroatoms. The van der Waals surface area contributed by atoms with E-state index in [9.17, 15) is 0 Å². The number of hydrogen-bond donors (Lipinski definition) is 0. The molecule has 82 valence electrons. The lowest BCUT2D eigenvalue weighted by Gasteiger charge is -2.05. The summed E-state index contributed by atoms with van der Waals surface area (Å²) >= 11 is 11.1. The minimum absolute atomic E-state index is 0.771. The van der Waals surface area contributed by atoms with Crippen LogP contribution in [0.5, 0.6) is 0 Å². The quantitative estimate of drug-likeness (QED) is 0.699. The first-order valence-corrected chi connectivity index (χ1v) is 6.83. The maximum Gasteiger partial charge on any atom is 0.0406 e. The van der Waals surface area contributed by atoms with Crippen LogP contribution in [0.15, 0.2) is 56.7 Å². The predicted octanol–water partition coefficient (Wildman–Crippen LogP) is 5.56. The predicted molar refractivity (Wildman–Crippen MR) is 74.5 cm³/mol. The fraction of sp³-hybridized carbons (Fsp3) is 0.0769. The Labute approximate surface area is 113 Å². The zero-order chi connectivity index (χ0) is 11.5. The van der Waals surface area contributed by atoms with Crippen LogP contribution in [0.4, 0.5) is 0 Å². The third-order valence-corrected chi connectivity index (χ3v) is 4.38. The second-order valence-corrected chi connectivity index (χ2v) is 5.90. The number of halogens is 2. The van der Waals surface area contributed by atoms with Gasteiger partial charge in [-0.3, -0.25) is 0 Å². The first-order valence-electron chi connectivity index (χ1n) is 4.85. The Balaban J connectivity index is 2.23. The van der Waals surface area contributed by atoms with Crippen LogP contribution in [-0.2, 0) is 0 Å². The second kappa shape index (κ2) is 5.26. The Kier molecular flexibility index (Phi) is 3.95. The summed E-state index contributed by atoms with van der Waals surface area (Å²) in [5.74, 6) is 0. The van der Waals surface area contributed by atoms with Crippen LogP contribution in [0, 0.1) is 6.92 Å². The average molecular weight is 314 g/mol. The van der Waals surface area contributed by atoms with Crippen molar-refractivity contribution in [1.82, 2.24) is 0 Å². The van der Waals surface area contributed by atoms with Crippen molar-refractivity contribution in [2.75, 3.05) is 0 Å². The molecule has 16 heavy (non-hydrogen) atoms. The van der Waals surface area contributed by atoms with E-state index in [1.807, 2.05) is 24.3 Å². The van der Waals surface area contributed by atoms with E-state index in [1.165, 1.54) is 15.4 Å². The Morgan fingerprint density at radius 1 is 1.06 bits per heavy atom. The molecule has 0 aliphatic heterocycles. The monoisotopic (exact) mass is 312 g/mol. The normalized spacial score (nSPS) is 10.4. The largest absolute Gasteiger partial charge is 0.0889 e. The molecule has 0 atom stereocenters. The summed E-state index contributed by atoms with van der Waals surface area (Å²) in [6.07, 6.45) is 0. The molecule has 0 nitrogen and oxygen atoms in total. The average Bonchev–Trinajstić information content (AvgIpc) is 2.25. The fourth-order valence-corrected chi connectivity index (χ4v) is 3.00. The van der Waals surface area contributed by atoms with Crippen LogP contribution < -0.4 is 0 Å². The lowest BCUT2D eigenvalue weighted by atomic mass is 10.2. The van der Waals surface area contributed by atoms with Gasteiger partial charge in [0.25, 0.3) is 0 Å². The summed E-state index contributed by atoms with van der Waals surface area (Å²) < 4.78 is 1.13. The van der Waals surface area contributed by atoms with Crippen molar-refractivity contribution in [3.05, 3.63) is 57.5 Å². The zero-order valence-electron chi connectivity index (χ0n) is 8.71. The van der Waals surface area contributed by atoms with Gasteiger partial charge in [0.15, 0.2) is 0 Å². The van der Waals surface area contributed by atoms with Gasteiger partial charge in [0.2, 0.25) is 0 Å². The molecule has 0 aromatic heterocycles. The molecule has 0 amide bonds. The maximum atomic E-state index is 5.85. The molecule has 0 radical (unpaired) electrons. The summed E-state index contributed by atoms with van der Waals surface area (Å²) in [6.45, 7) is 2.08. The van der Waals surface area contributed by atoms with Crippen molar-refractivity contribution < 1.29 is 0 Å². The highest BCUT2D eigenvalue weighted by atomic mass is 79.9. The lowest BCUT2D eigenvalue weighted by Crippen LogP contribution is -1.78. The molecule has 0 unspecified atom stereocenters. The highest BCUT2D eigenvalue weighted by molar-refractivity contribution is 9.10. The Morgan fingerprint density at radius 2 is 1.75 bits per heavy atom. The molecular weight excluding hydrogens is 304 g/mol. The van der Waals surface area contributed by atoms with Crippen molar-refractivity contribution >= 4 is 39.3 Å². The summed E-state index contributed by atoms with van der Waals surface area (Å²) in [6, 6.07) is 14.2. The number of aryl methyl sites for hydroxylation is 1. The van der Waals surface area contributed by atoms with Crippen molar-refractivity contribution in [1.29, 1.82) is 0 Å². The molecular formula is C13H10BrClS. The molecule has 2 rings (SSSR count). The molecule has 0 spiro atoms. The van der Waals surface area contributed by atoms with Gasteiger partial charge in [0.1, 0.15) is 0 Å². The third-order valence-electron chi connectivity index (χ3n) is 2.13. The summed E-state index contributed by atoms with van der Waals surface area (Å²) in [4.78, 5) is 2.40. The Hall–Kier alpha value is -0.440. The molecule has 2 aromatic rings. The van der Waals surface area contributed by atoms with Crippen molar-refractivity contribution in [3.8, 4) is 0 Å². The van der Waals surface area contributed by atoms with Gasteiger partial charge in [-0.05, 0) is 64.8 Å². The van der Waals surface area contributed by atoms with Crippen LogP contribution in [-0.4, -0.2) is 0 Å². The molecule has 2 aromatic carbocycles. The van der Waals surface area contributed by atoms with Crippen molar-refractivity contribution in [2.24, 2.45) is 0 Å². The number of benzene rings is 2. The van der Waals surface area contributed by atoms with Crippen LogP contribution in [0.2, 0.25) is 5.02 Å². The van der Waals surface area contributed by atoms with Crippen LogP contribution >= 0.6 is 39.3 Å². The van der Waals surface area contributed by atoms with Crippen molar-refractivity contribution in [3.63, 3.8) is 0 Å². The van der Waals surface area contributed by atoms with Crippen LogP contribution in [0.25, 0.3) is 0 Å². The van der Waals surface area contributed by atoms with E-state index in [-0.39, 0.29) is 0 Å². The van der Waals surface area contributed by atoms with Gasteiger partial charge in [0.05, 0.1) is 0 Å². The maximum absolute atomic E-state index is 5.85. The van der Waals surface area contributed by atoms with Gasteiger partial charge in [-0.15, -0.1) is 0 Å². The minimum atomic E-state index is 0.771. The molecule has 0 aliphatic carbocycles. The smallest absolute Gasteiger partial charge is 0.0406 e. The highest BCUT2D eigenvalue weighted by Gasteiger charge is 2.02. The lowest BCUT2D eigenvalue weighted by molar-refractivity contribution is 1.32. The van der Waals surface area contributed by atoms with Gasteiger partial charge in [0, 0.05) is 19.3 Å². The van der Waals surface area contributed by atoms with E-state index in [0.29, 0.717) is 0 Å². The van der Waals surface area contributed by atoms with E-state index >= 15 is 0 Å². The molecule has 0 fully saturated rings. The molecule has 0 heterocycles. The summed E-state index contributed by atoms with van der Waals surface area (Å²) in [5.41, 5.74) is 1.26. The van der Waals surface area contributed by atoms with Gasteiger partial charge in [-0.1, -0.05) is 29.4 Å². The second-order valence-electron chi connectivity index (χ2n) is 3.49. The van der Waals surface area contributed by atoms with E-state index in [2.05, 4.69) is 41.1 Å². The topological polar surface area (TPSA) is 0 Å². The Bertz CT molecular complexity index is 494. The van der Waals surface area contributed by atoms with Crippen LogP contribution in [0.3, 0.4) is 0 Å². The van der Waals surface area contributed by atoms with Gasteiger partial charge in [-0.2, -0.15) is 0 Å². The first-order chi connectivity index (χ1) is 7.65.